The Labute approximate surface area is 193 Å². The Hall–Kier alpha value is -2.44. The molecule has 0 aromatic heterocycles. The molecule has 0 unspecified atom stereocenters. The maximum Gasteiger partial charge on any atom is 0.255 e. The van der Waals surface area contributed by atoms with E-state index in [1.807, 2.05) is 29.2 Å². The Morgan fingerprint density at radius 3 is 2.13 bits per heavy atom. The lowest BCUT2D eigenvalue weighted by Gasteiger charge is -2.36. The first-order valence-corrected chi connectivity index (χ1v) is 11.0. The van der Waals surface area contributed by atoms with Crippen LogP contribution in [0.1, 0.15) is 30.6 Å². The first-order chi connectivity index (χ1) is 14.8. The lowest BCUT2D eigenvalue weighted by molar-refractivity contribution is -0.132. The standard InChI is InChI=1S/C23H27Cl2N3O3/c1-15(2)12-21(29)28-10-8-27(9-11-28)18-6-4-17(5-7-18)26-23(30)16-13-19(24)22(31-3)20(25)14-16/h4-7,13-15H,8-12H2,1-3H3,(H,26,30). The van der Waals surface area contributed by atoms with Crippen molar-refractivity contribution in [2.45, 2.75) is 20.3 Å². The molecule has 2 aromatic carbocycles. The average Bonchev–Trinajstić information content (AvgIpc) is 2.73. The van der Waals surface area contributed by atoms with Crippen LogP contribution in [0.3, 0.4) is 0 Å². The lowest BCUT2D eigenvalue weighted by atomic mass is 10.1. The summed E-state index contributed by atoms with van der Waals surface area (Å²) >= 11 is 12.2. The highest BCUT2D eigenvalue weighted by molar-refractivity contribution is 6.37. The van der Waals surface area contributed by atoms with E-state index in [1.54, 1.807) is 0 Å². The third-order valence-corrected chi connectivity index (χ3v) is 5.73. The molecule has 0 radical (unpaired) electrons. The van der Waals surface area contributed by atoms with Gasteiger partial charge in [-0.15, -0.1) is 0 Å². The molecule has 0 atom stereocenters. The van der Waals surface area contributed by atoms with Gasteiger partial charge in [0.25, 0.3) is 5.91 Å². The fourth-order valence-electron chi connectivity index (χ4n) is 3.54. The number of benzene rings is 2. The van der Waals surface area contributed by atoms with Gasteiger partial charge >= 0.3 is 0 Å². The van der Waals surface area contributed by atoms with E-state index in [4.69, 9.17) is 27.9 Å². The van der Waals surface area contributed by atoms with Gasteiger partial charge in [0.2, 0.25) is 5.91 Å². The van der Waals surface area contributed by atoms with Crippen LogP contribution in [-0.2, 0) is 4.79 Å². The van der Waals surface area contributed by atoms with Crippen molar-refractivity contribution in [3.63, 3.8) is 0 Å². The summed E-state index contributed by atoms with van der Waals surface area (Å²) in [7, 11) is 1.47. The largest absolute Gasteiger partial charge is 0.494 e. The predicted molar refractivity (Wildman–Crippen MR) is 126 cm³/mol. The van der Waals surface area contributed by atoms with Crippen LogP contribution >= 0.6 is 23.2 Å². The van der Waals surface area contributed by atoms with Crippen molar-refractivity contribution in [3.05, 3.63) is 52.0 Å². The number of anilines is 2. The van der Waals surface area contributed by atoms with Crippen LogP contribution in [-0.4, -0.2) is 50.0 Å². The maximum absolute atomic E-state index is 12.6. The van der Waals surface area contributed by atoms with Gasteiger partial charge in [0.05, 0.1) is 17.2 Å². The molecule has 31 heavy (non-hydrogen) atoms. The lowest BCUT2D eigenvalue weighted by Crippen LogP contribution is -2.49. The Balaban J connectivity index is 1.59. The molecule has 1 heterocycles. The van der Waals surface area contributed by atoms with Crippen molar-refractivity contribution in [3.8, 4) is 5.75 Å². The Kier molecular flexibility index (Phi) is 7.68. The van der Waals surface area contributed by atoms with Gasteiger partial charge in [0, 0.05) is 49.5 Å². The van der Waals surface area contributed by atoms with Crippen LogP contribution < -0.4 is 15.0 Å². The van der Waals surface area contributed by atoms with Gasteiger partial charge in [0.15, 0.2) is 5.75 Å². The molecule has 0 bridgehead atoms. The van der Waals surface area contributed by atoms with Gasteiger partial charge < -0.3 is 19.9 Å². The zero-order valence-corrected chi connectivity index (χ0v) is 19.5. The minimum absolute atomic E-state index is 0.228. The van der Waals surface area contributed by atoms with Crippen molar-refractivity contribution in [2.24, 2.45) is 5.92 Å². The third kappa shape index (κ3) is 5.83. The Morgan fingerprint density at radius 1 is 1.03 bits per heavy atom. The van der Waals surface area contributed by atoms with Crippen molar-refractivity contribution in [2.75, 3.05) is 43.5 Å². The van der Waals surface area contributed by atoms with E-state index < -0.39 is 0 Å². The fourth-order valence-corrected chi connectivity index (χ4v) is 4.18. The van der Waals surface area contributed by atoms with Crippen LogP contribution in [0.2, 0.25) is 10.0 Å². The first-order valence-electron chi connectivity index (χ1n) is 10.3. The van der Waals surface area contributed by atoms with Gasteiger partial charge in [-0.2, -0.15) is 0 Å². The third-order valence-electron chi connectivity index (χ3n) is 5.17. The molecule has 1 fully saturated rings. The van der Waals surface area contributed by atoms with Gasteiger partial charge in [-0.25, -0.2) is 0 Å². The summed E-state index contributed by atoms with van der Waals surface area (Å²) in [6, 6.07) is 10.7. The number of methoxy groups -OCH3 is 1. The number of halogens is 2. The van der Waals surface area contributed by atoms with Crippen LogP contribution in [0.25, 0.3) is 0 Å². The van der Waals surface area contributed by atoms with Crippen molar-refractivity contribution in [1.29, 1.82) is 0 Å². The first kappa shape index (κ1) is 23.2. The smallest absolute Gasteiger partial charge is 0.255 e. The molecule has 3 rings (SSSR count). The summed E-state index contributed by atoms with van der Waals surface area (Å²) in [5.41, 5.74) is 2.08. The Bertz CT molecular complexity index is 917. The second-order valence-electron chi connectivity index (χ2n) is 7.94. The van der Waals surface area contributed by atoms with Crippen molar-refractivity contribution >= 4 is 46.4 Å². The zero-order valence-electron chi connectivity index (χ0n) is 18.0. The van der Waals surface area contributed by atoms with Crippen LogP contribution in [0, 0.1) is 5.92 Å². The second kappa shape index (κ2) is 10.2. The summed E-state index contributed by atoms with van der Waals surface area (Å²) < 4.78 is 5.11. The molecule has 2 aromatic rings. The van der Waals surface area contributed by atoms with E-state index in [2.05, 4.69) is 24.1 Å². The minimum atomic E-state index is -0.309. The highest BCUT2D eigenvalue weighted by atomic mass is 35.5. The molecule has 1 aliphatic rings. The summed E-state index contributed by atoms with van der Waals surface area (Å²) in [6.45, 7) is 7.15. The van der Waals surface area contributed by atoms with Crippen molar-refractivity contribution in [1.82, 2.24) is 4.90 Å². The number of hydrogen-bond acceptors (Lipinski definition) is 4. The molecule has 0 saturated carbocycles. The number of rotatable bonds is 6. The van der Waals surface area contributed by atoms with E-state index in [9.17, 15) is 9.59 Å². The highest BCUT2D eigenvalue weighted by Crippen LogP contribution is 2.34. The number of piperazine rings is 1. The number of carbonyl (C=O) groups excluding carboxylic acids is 2. The van der Waals surface area contributed by atoms with Gasteiger partial charge in [-0.05, 0) is 42.3 Å². The molecule has 1 N–H and O–H groups in total. The van der Waals surface area contributed by atoms with E-state index in [1.165, 1.54) is 19.2 Å². The minimum Gasteiger partial charge on any atom is -0.494 e. The second-order valence-corrected chi connectivity index (χ2v) is 8.75. The molecule has 6 nitrogen and oxygen atoms in total. The van der Waals surface area contributed by atoms with Crippen LogP contribution in [0.5, 0.6) is 5.75 Å². The number of ether oxygens (including phenoxy) is 1. The van der Waals surface area contributed by atoms with Crippen LogP contribution in [0.15, 0.2) is 36.4 Å². The number of nitrogens with one attached hydrogen (secondary N) is 1. The quantitative estimate of drug-likeness (QED) is 0.658. The summed E-state index contributed by atoms with van der Waals surface area (Å²) in [5, 5.41) is 3.41. The highest BCUT2D eigenvalue weighted by Gasteiger charge is 2.22. The Morgan fingerprint density at radius 2 is 1.61 bits per heavy atom. The van der Waals surface area contributed by atoms with Gasteiger partial charge in [-0.3, -0.25) is 9.59 Å². The maximum atomic E-state index is 12.6. The van der Waals surface area contributed by atoms with E-state index >= 15 is 0 Å². The zero-order chi connectivity index (χ0) is 22.5. The van der Waals surface area contributed by atoms with Crippen molar-refractivity contribution < 1.29 is 14.3 Å². The molecular weight excluding hydrogens is 437 g/mol. The SMILES string of the molecule is COc1c(Cl)cc(C(=O)Nc2ccc(N3CCN(C(=O)CC(C)C)CC3)cc2)cc1Cl. The average molecular weight is 464 g/mol. The molecule has 1 saturated heterocycles. The van der Waals surface area contributed by atoms with E-state index in [0.717, 1.165) is 31.9 Å². The number of carbonyl (C=O) groups is 2. The van der Waals surface area contributed by atoms with Crippen LogP contribution in [0.4, 0.5) is 11.4 Å². The molecule has 0 spiro atoms. The van der Waals surface area contributed by atoms with Gasteiger partial charge in [0.1, 0.15) is 0 Å². The number of hydrogen-bond donors (Lipinski definition) is 1. The fraction of sp³-hybridized carbons (Fsp3) is 0.391. The van der Waals surface area contributed by atoms with E-state index in [0.29, 0.717) is 29.3 Å². The molecule has 8 heteroatoms. The number of nitrogens with zero attached hydrogens (tertiary/aromatic N) is 2. The predicted octanol–water partition coefficient (Wildman–Crippen LogP) is 4.95. The van der Waals surface area contributed by atoms with Gasteiger partial charge in [-0.1, -0.05) is 37.0 Å². The summed E-state index contributed by atoms with van der Waals surface area (Å²) in [6.07, 6.45) is 0.596. The summed E-state index contributed by atoms with van der Waals surface area (Å²) in [5.74, 6) is 0.636. The summed E-state index contributed by atoms with van der Waals surface area (Å²) in [4.78, 5) is 29.0. The number of amides is 2. The van der Waals surface area contributed by atoms with E-state index in [-0.39, 0.29) is 21.9 Å². The normalized spacial score (nSPS) is 14.0. The molecule has 1 aliphatic heterocycles. The molecular formula is C23H27Cl2N3O3. The molecule has 0 aliphatic carbocycles. The monoisotopic (exact) mass is 463 g/mol. The molecule has 2 amide bonds. The topological polar surface area (TPSA) is 61.9 Å². The molecule has 166 valence electrons.